The molecule has 0 aliphatic heterocycles. The Morgan fingerprint density at radius 1 is 0.543 bits per heavy atom. The molecule has 1 atom stereocenters. The fourth-order valence-electron chi connectivity index (χ4n) is 4.17. The Bertz CT molecular complexity index is 685. The molecule has 2 N–H and O–H groups in total. The van der Waals surface area contributed by atoms with Crippen molar-refractivity contribution >= 4 is 29.3 Å². The molecule has 35 heavy (non-hydrogen) atoms. The summed E-state index contributed by atoms with van der Waals surface area (Å²) in [6, 6.07) is 0. The van der Waals surface area contributed by atoms with Crippen molar-refractivity contribution in [1.82, 2.24) is 0 Å². The number of esters is 2. The highest BCUT2D eigenvalue weighted by Gasteiger charge is 2.66. The predicted molar refractivity (Wildman–Crippen MR) is 133 cm³/mol. The van der Waals surface area contributed by atoms with Gasteiger partial charge in [0.2, 0.25) is 5.60 Å². The first-order chi connectivity index (χ1) is 16.5. The van der Waals surface area contributed by atoms with E-state index in [9.17, 15) is 34.2 Å². The first-order valence-corrected chi connectivity index (χ1v) is 13.2. The normalized spacial score (nSPS) is 13.2. The zero-order chi connectivity index (χ0) is 26.9. The molecule has 0 bridgehead atoms. The SMILES string of the molecule is CCCCCCCCCCCCCCCCCC(=O)OC(=O)C(O)(C(C)=O)C(O)(C(C)=O)C(C)=O. The number of carbonyl (C=O) groups excluding carboxylic acids is 5. The van der Waals surface area contributed by atoms with Gasteiger partial charge in [-0.1, -0.05) is 96.8 Å². The average molecular weight is 499 g/mol. The maximum atomic E-state index is 12.4. The standard InChI is InChI=1S/C27H46O8/c1-5-6-7-8-9-10-11-12-13-14-15-16-17-18-19-20-24(31)35-25(32)27(34,23(4)30)26(33,21(2)28)22(3)29/h33-34H,5-20H2,1-4H3. The number of hydrogen-bond acceptors (Lipinski definition) is 8. The van der Waals surface area contributed by atoms with Crippen LogP contribution in [0.5, 0.6) is 0 Å². The molecule has 0 amide bonds. The lowest BCUT2D eigenvalue weighted by Crippen LogP contribution is -2.70. The molecule has 0 aliphatic rings. The summed E-state index contributed by atoms with van der Waals surface area (Å²) in [5.41, 5.74) is -6.82. The Morgan fingerprint density at radius 2 is 0.857 bits per heavy atom. The Kier molecular flexibility index (Phi) is 16.5. The number of ether oxygens (including phenoxy) is 1. The molecule has 0 aromatic carbocycles. The molecule has 0 radical (unpaired) electrons. The fraction of sp³-hybridized carbons (Fsp3) is 0.815. The Hall–Kier alpha value is -1.93. The summed E-state index contributed by atoms with van der Waals surface area (Å²) in [7, 11) is 0. The van der Waals surface area contributed by atoms with Gasteiger partial charge in [0.1, 0.15) is 0 Å². The zero-order valence-electron chi connectivity index (χ0n) is 22.2. The Labute approximate surface area is 210 Å². The lowest BCUT2D eigenvalue weighted by molar-refractivity contribution is -0.202. The van der Waals surface area contributed by atoms with Crippen LogP contribution in [0.25, 0.3) is 0 Å². The third-order valence-electron chi connectivity index (χ3n) is 6.54. The van der Waals surface area contributed by atoms with Gasteiger partial charge in [0.15, 0.2) is 17.3 Å². The third-order valence-corrected chi connectivity index (χ3v) is 6.54. The maximum absolute atomic E-state index is 12.4. The predicted octanol–water partition coefficient (Wildman–Crippen LogP) is 4.55. The van der Waals surface area contributed by atoms with E-state index in [4.69, 9.17) is 0 Å². The summed E-state index contributed by atoms with van der Waals surface area (Å²) in [6.07, 6.45) is 17.2. The largest absolute Gasteiger partial charge is 0.391 e. The molecule has 0 fully saturated rings. The zero-order valence-corrected chi connectivity index (χ0v) is 22.2. The molecule has 0 rings (SSSR count). The van der Waals surface area contributed by atoms with Crippen molar-refractivity contribution < 1.29 is 38.9 Å². The van der Waals surface area contributed by atoms with Gasteiger partial charge in [0.05, 0.1) is 0 Å². The van der Waals surface area contributed by atoms with E-state index in [-0.39, 0.29) is 6.42 Å². The number of rotatable bonds is 21. The van der Waals surface area contributed by atoms with E-state index in [1.807, 2.05) is 0 Å². The second kappa shape index (κ2) is 17.5. The van der Waals surface area contributed by atoms with Gasteiger partial charge in [-0.3, -0.25) is 19.2 Å². The van der Waals surface area contributed by atoms with Crippen LogP contribution in [0.2, 0.25) is 0 Å². The van der Waals surface area contributed by atoms with Crippen LogP contribution in [-0.4, -0.2) is 50.7 Å². The molecule has 0 aliphatic carbocycles. The van der Waals surface area contributed by atoms with Crippen molar-refractivity contribution in [2.45, 2.75) is 142 Å². The summed E-state index contributed by atoms with van der Waals surface area (Å²) >= 11 is 0. The van der Waals surface area contributed by atoms with Crippen molar-refractivity contribution in [3.63, 3.8) is 0 Å². The number of Topliss-reactive ketones (excluding diaryl/α,β-unsaturated/α-hetero) is 3. The van der Waals surface area contributed by atoms with E-state index in [1.165, 1.54) is 64.2 Å². The minimum Gasteiger partial charge on any atom is -0.391 e. The minimum absolute atomic E-state index is 0.128. The molecule has 8 heteroatoms. The quantitative estimate of drug-likeness (QED) is 0.134. The number of carbonyl (C=O) groups is 5. The summed E-state index contributed by atoms with van der Waals surface area (Å²) in [5.74, 6) is -6.83. The van der Waals surface area contributed by atoms with E-state index in [2.05, 4.69) is 11.7 Å². The summed E-state index contributed by atoms with van der Waals surface area (Å²) in [5, 5.41) is 20.9. The van der Waals surface area contributed by atoms with Crippen LogP contribution in [0.15, 0.2) is 0 Å². The number of unbranched alkanes of at least 4 members (excludes halogenated alkanes) is 14. The van der Waals surface area contributed by atoms with Gasteiger partial charge in [-0.2, -0.15) is 0 Å². The lowest BCUT2D eigenvalue weighted by atomic mass is 9.74. The second-order valence-electron chi connectivity index (χ2n) is 9.55. The van der Waals surface area contributed by atoms with Crippen molar-refractivity contribution in [1.29, 1.82) is 0 Å². The van der Waals surface area contributed by atoms with Crippen LogP contribution in [0.4, 0.5) is 0 Å². The third kappa shape index (κ3) is 10.7. The maximum Gasteiger partial charge on any atom is 0.357 e. The molecule has 202 valence electrons. The Balaban J connectivity index is 4.16. The van der Waals surface area contributed by atoms with Crippen molar-refractivity contribution in [2.75, 3.05) is 0 Å². The summed E-state index contributed by atoms with van der Waals surface area (Å²) in [6.45, 7) is 4.45. The van der Waals surface area contributed by atoms with Crippen LogP contribution in [0, 0.1) is 0 Å². The highest BCUT2D eigenvalue weighted by molar-refractivity contribution is 6.23. The van der Waals surface area contributed by atoms with Gasteiger partial charge in [-0.25, -0.2) is 4.79 Å². The topological polar surface area (TPSA) is 135 Å². The smallest absolute Gasteiger partial charge is 0.357 e. The minimum atomic E-state index is -3.49. The van der Waals surface area contributed by atoms with Gasteiger partial charge in [-0.05, 0) is 27.2 Å². The summed E-state index contributed by atoms with van der Waals surface area (Å²) in [4.78, 5) is 59.9. The van der Waals surface area contributed by atoms with E-state index >= 15 is 0 Å². The van der Waals surface area contributed by atoms with E-state index in [1.54, 1.807) is 0 Å². The monoisotopic (exact) mass is 498 g/mol. The molecular weight excluding hydrogens is 452 g/mol. The number of hydrogen-bond donors (Lipinski definition) is 2. The highest BCUT2D eigenvalue weighted by atomic mass is 16.6. The van der Waals surface area contributed by atoms with E-state index < -0.39 is 40.5 Å². The number of aliphatic hydroxyl groups is 2. The van der Waals surface area contributed by atoms with Crippen molar-refractivity contribution in [3.05, 3.63) is 0 Å². The highest BCUT2D eigenvalue weighted by Crippen LogP contribution is 2.28. The first kappa shape index (κ1) is 33.1. The average Bonchev–Trinajstić information content (AvgIpc) is 2.79. The molecule has 0 saturated heterocycles. The first-order valence-electron chi connectivity index (χ1n) is 13.2. The van der Waals surface area contributed by atoms with Crippen LogP contribution in [-0.2, 0) is 28.7 Å². The fourth-order valence-corrected chi connectivity index (χ4v) is 4.17. The molecule has 0 saturated carbocycles. The van der Waals surface area contributed by atoms with E-state index in [0.29, 0.717) is 6.42 Å². The molecular formula is C27H46O8. The van der Waals surface area contributed by atoms with Crippen LogP contribution >= 0.6 is 0 Å². The van der Waals surface area contributed by atoms with Crippen molar-refractivity contribution in [3.8, 4) is 0 Å². The summed E-state index contributed by atoms with van der Waals surface area (Å²) < 4.78 is 4.53. The van der Waals surface area contributed by atoms with Crippen molar-refractivity contribution in [2.24, 2.45) is 0 Å². The molecule has 0 heterocycles. The van der Waals surface area contributed by atoms with Crippen LogP contribution in [0.1, 0.15) is 130 Å². The van der Waals surface area contributed by atoms with Gasteiger partial charge in [-0.15, -0.1) is 0 Å². The van der Waals surface area contributed by atoms with Crippen LogP contribution < -0.4 is 0 Å². The second-order valence-corrected chi connectivity index (χ2v) is 9.55. The van der Waals surface area contributed by atoms with Gasteiger partial charge >= 0.3 is 11.9 Å². The molecule has 0 aromatic rings. The van der Waals surface area contributed by atoms with Crippen LogP contribution in [0.3, 0.4) is 0 Å². The molecule has 0 spiro atoms. The van der Waals surface area contributed by atoms with E-state index in [0.717, 1.165) is 46.5 Å². The number of ketones is 3. The Morgan fingerprint density at radius 3 is 1.17 bits per heavy atom. The molecule has 1 unspecified atom stereocenters. The van der Waals surface area contributed by atoms with Gasteiger partial charge in [0.25, 0.3) is 5.60 Å². The molecule has 0 aromatic heterocycles. The molecule has 8 nitrogen and oxygen atoms in total. The van der Waals surface area contributed by atoms with Gasteiger partial charge < -0.3 is 14.9 Å². The lowest BCUT2D eigenvalue weighted by Gasteiger charge is -2.35. The van der Waals surface area contributed by atoms with Gasteiger partial charge in [0, 0.05) is 6.42 Å².